The van der Waals surface area contributed by atoms with Gasteiger partial charge in [0.25, 0.3) is 0 Å². The highest BCUT2D eigenvalue weighted by molar-refractivity contribution is 5.69. The summed E-state index contributed by atoms with van der Waals surface area (Å²) in [5.74, 6) is 0.0135. The summed E-state index contributed by atoms with van der Waals surface area (Å²) in [5.41, 5.74) is -1.17. The number of hydrogen-bond acceptors (Lipinski definition) is 3. The van der Waals surface area contributed by atoms with Crippen molar-refractivity contribution in [2.24, 2.45) is 0 Å². The molecule has 1 aliphatic rings. The summed E-state index contributed by atoms with van der Waals surface area (Å²) in [6.07, 6.45) is 1.93. The second-order valence-corrected chi connectivity index (χ2v) is 5.01. The normalized spacial score (nSPS) is 18.9. The van der Waals surface area contributed by atoms with Gasteiger partial charge in [0.15, 0.2) is 0 Å². The van der Waals surface area contributed by atoms with Crippen molar-refractivity contribution in [2.75, 3.05) is 0 Å². The fraction of sp³-hybridized carbons (Fsp3) is 0.727. The molecule has 0 aromatic rings. The molecule has 1 saturated carbocycles. The van der Waals surface area contributed by atoms with Crippen molar-refractivity contribution in [1.29, 1.82) is 0 Å². The molecule has 1 amide bonds. The Morgan fingerprint density at radius 1 is 1.47 bits per heavy atom. The number of carbonyl (C=O) groups excluding carboxylic acids is 1. The van der Waals surface area contributed by atoms with Crippen molar-refractivity contribution >= 4 is 6.09 Å². The number of amides is 1. The monoisotopic (exact) mass is 213 g/mol. The van der Waals surface area contributed by atoms with Crippen LogP contribution in [0.2, 0.25) is 0 Å². The average Bonchev–Trinajstić information content (AvgIpc) is 1.92. The van der Waals surface area contributed by atoms with Gasteiger partial charge in [-0.1, -0.05) is 6.58 Å². The van der Waals surface area contributed by atoms with Crippen LogP contribution in [0.4, 0.5) is 4.79 Å². The van der Waals surface area contributed by atoms with Crippen molar-refractivity contribution in [3.63, 3.8) is 0 Å². The van der Waals surface area contributed by atoms with Crippen LogP contribution in [0, 0.1) is 0 Å². The van der Waals surface area contributed by atoms with Gasteiger partial charge in [-0.05, 0) is 40.0 Å². The smallest absolute Gasteiger partial charge is 0.408 e. The number of rotatable bonds is 2. The van der Waals surface area contributed by atoms with E-state index in [4.69, 9.17) is 4.74 Å². The van der Waals surface area contributed by atoms with Crippen LogP contribution in [0.25, 0.3) is 0 Å². The molecule has 15 heavy (non-hydrogen) atoms. The zero-order valence-electron chi connectivity index (χ0n) is 9.59. The van der Waals surface area contributed by atoms with E-state index >= 15 is 0 Å². The third-order valence-corrected chi connectivity index (χ3v) is 2.50. The van der Waals surface area contributed by atoms with E-state index in [1.807, 2.05) is 0 Å². The summed E-state index contributed by atoms with van der Waals surface area (Å²) in [6, 6.07) is 0. The highest BCUT2D eigenvalue weighted by atomic mass is 16.6. The van der Waals surface area contributed by atoms with Crippen LogP contribution >= 0.6 is 0 Å². The number of carbonyl (C=O) groups is 1. The number of aliphatic hydroxyl groups is 1. The SMILES string of the molecule is C=C(O)C1(NC(=O)OC(C)(C)C)CCC1. The van der Waals surface area contributed by atoms with Crippen LogP contribution in [-0.2, 0) is 4.74 Å². The van der Waals surface area contributed by atoms with Crippen molar-refractivity contribution < 1.29 is 14.6 Å². The molecule has 1 fully saturated rings. The molecule has 86 valence electrons. The molecule has 0 aromatic heterocycles. The maximum absolute atomic E-state index is 11.5. The first-order valence-electron chi connectivity index (χ1n) is 5.15. The fourth-order valence-electron chi connectivity index (χ4n) is 1.52. The first-order valence-corrected chi connectivity index (χ1v) is 5.15. The topological polar surface area (TPSA) is 58.6 Å². The summed E-state index contributed by atoms with van der Waals surface area (Å²) in [4.78, 5) is 11.5. The van der Waals surface area contributed by atoms with Crippen LogP contribution in [0.15, 0.2) is 12.3 Å². The molecular weight excluding hydrogens is 194 g/mol. The van der Waals surface area contributed by atoms with Gasteiger partial charge in [0.2, 0.25) is 0 Å². The van der Waals surface area contributed by atoms with Gasteiger partial charge in [0.05, 0.1) is 5.54 Å². The largest absolute Gasteiger partial charge is 0.510 e. The van der Waals surface area contributed by atoms with E-state index < -0.39 is 17.2 Å². The second-order valence-electron chi connectivity index (χ2n) is 5.01. The Labute approximate surface area is 90.3 Å². The Kier molecular flexibility index (Phi) is 2.98. The fourth-order valence-corrected chi connectivity index (χ4v) is 1.52. The zero-order valence-corrected chi connectivity index (χ0v) is 9.59. The molecular formula is C11H19NO3. The average molecular weight is 213 g/mol. The maximum atomic E-state index is 11.5. The molecule has 2 N–H and O–H groups in total. The summed E-state index contributed by atoms with van der Waals surface area (Å²) in [6.45, 7) is 8.88. The van der Waals surface area contributed by atoms with Gasteiger partial charge in [-0.2, -0.15) is 0 Å². The number of aliphatic hydroxyl groups excluding tert-OH is 1. The third kappa shape index (κ3) is 2.88. The quantitative estimate of drug-likeness (QED) is 0.693. The van der Waals surface area contributed by atoms with Crippen LogP contribution in [0.5, 0.6) is 0 Å². The van der Waals surface area contributed by atoms with Crippen molar-refractivity contribution in [3.8, 4) is 0 Å². The Morgan fingerprint density at radius 3 is 2.27 bits per heavy atom. The Balaban J connectivity index is 2.54. The summed E-state index contributed by atoms with van der Waals surface area (Å²) >= 11 is 0. The summed E-state index contributed by atoms with van der Waals surface area (Å²) < 4.78 is 5.12. The highest BCUT2D eigenvalue weighted by Crippen LogP contribution is 2.36. The van der Waals surface area contributed by atoms with E-state index in [0.717, 1.165) is 19.3 Å². The second kappa shape index (κ2) is 3.76. The summed E-state index contributed by atoms with van der Waals surface area (Å²) in [5, 5.41) is 12.1. The van der Waals surface area contributed by atoms with Gasteiger partial charge in [-0.15, -0.1) is 0 Å². The summed E-state index contributed by atoms with van der Waals surface area (Å²) in [7, 11) is 0. The lowest BCUT2D eigenvalue weighted by atomic mass is 9.75. The molecule has 0 unspecified atom stereocenters. The van der Waals surface area contributed by atoms with E-state index in [9.17, 15) is 9.90 Å². The van der Waals surface area contributed by atoms with Gasteiger partial charge in [-0.3, -0.25) is 0 Å². The first-order chi connectivity index (χ1) is 6.75. The van der Waals surface area contributed by atoms with E-state index in [1.54, 1.807) is 20.8 Å². The highest BCUT2D eigenvalue weighted by Gasteiger charge is 2.42. The first kappa shape index (κ1) is 11.9. The Bertz CT molecular complexity index is 274. The van der Waals surface area contributed by atoms with Gasteiger partial charge < -0.3 is 15.2 Å². The molecule has 0 atom stereocenters. The zero-order chi connectivity index (χ0) is 11.7. The van der Waals surface area contributed by atoms with E-state index in [-0.39, 0.29) is 5.76 Å². The van der Waals surface area contributed by atoms with Crippen molar-refractivity contribution in [2.45, 2.75) is 51.2 Å². The van der Waals surface area contributed by atoms with Crippen LogP contribution in [0.3, 0.4) is 0 Å². The third-order valence-electron chi connectivity index (χ3n) is 2.50. The number of hydrogen-bond donors (Lipinski definition) is 2. The number of ether oxygens (including phenoxy) is 1. The molecule has 0 heterocycles. The Morgan fingerprint density at radius 2 is 2.00 bits per heavy atom. The standard InChI is InChI=1S/C11H19NO3/c1-8(13)11(6-5-7-11)12-9(14)15-10(2,3)4/h13H,1,5-7H2,2-4H3,(H,12,14). The van der Waals surface area contributed by atoms with Crippen LogP contribution in [-0.4, -0.2) is 22.3 Å². The molecule has 1 aliphatic carbocycles. The lowest BCUT2D eigenvalue weighted by Crippen LogP contribution is -2.55. The molecule has 4 heteroatoms. The van der Waals surface area contributed by atoms with Gasteiger partial charge in [-0.25, -0.2) is 4.79 Å². The van der Waals surface area contributed by atoms with E-state index in [0.29, 0.717) is 0 Å². The molecule has 0 aliphatic heterocycles. The molecule has 0 bridgehead atoms. The maximum Gasteiger partial charge on any atom is 0.408 e. The lowest BCUT2D eigenvalue weighted by molar-refractivity contribution is 0.0375. The van der Waals surface area contributed by atoms with Crippen molar-refractivity contribution in [3.05, 3.63) is 12.3 Å². The van der Waals surface area contributed by atoms with Gasteiger partial charge in [0, 0.05) is 0 Å². The Hall–Kier alpha value is -1.19. The molecule has 0 saturated heterocycles. The van der Waals surface area contributed by atoms with Gasteiger partial charge >= 0.3 is 6.09 Å². The molecule has 0 aromatic carbocycles. The molecule has 4 nitrogen and oxygen atoms in total. The van der Waals surface area contributed by atoms with E-state index in [2.05, 4.69) is 11.9 Å². The molecule has 0 spiro atoms. The van der Waals surface area contributed by atoms with Crippen LogP contribution < -0.4 is 5.32 Å². The molecule has 0 radical (unpaired) electrons. The number of alkyl carbamates (subject to hydrolysis) is 1. The predicted molar refractivity (Wildman–Crippen MR) is 57.7 cm³/mol. The van der Waals surface area contributed by atoms with Crippen molar-refractivity contribution in [1.82, 2.24) is 5.32 Å². The van der Waals surface area contributed by atoms with E-state index in [1.165, 1.54) is 0 Å². The van der Waals surface area contributed by atoms with Crippen LogP contribution in [0.1, 0.15) is 40.0 Å². The molecule has 1 rings (SSSR count). The minimum absolute atomic E-state index is 0.0135. The predicted octanol–water partition coefficient (Wildman–Crippen LogP) is 2.51. The minimum Gasteiger partial charge on any atom is -0.510 e. The van der Waals surface area contributed by atoms with Gasteiger partial charge in [0.1, 0.15) is 11.4 Å². The minimum atomic E-state index is -0.650. The number of nitrogens with one attached hydrogen (secondary N) is 1. The lowest BCUT2D eigenvalue weighted by Gasteiger charge is -2.41.